The molecule has 0 spiro atoms. The molecule has 156 valence electrons. The van der Waals surface area contributed by atoms with Gasteiger partial charge in [-0.05, 0) is 54.1 Å². The van der Waals surface area contributed by atoms with Crippen LogP contribution in [0.2, 0.25) is 10.0 Å². The lowest BCUT2D eigenvalue weighted by molar-refractivity contribution is -0.117. The van der Waals surface area contributed by atoms with Crippen LogP contribution in [0.15, 0.2) is 71.2 Å². The number of carbonyl (C=O) groups excluding carboxylic acids is 1. The second kappa shape index (κ2) is 8.30. The average Bonchev–Trinajstić information content (AvgIpc) is 3.32. The molecule has 0 N–H and O–H groups in total. The maximum atomic E-state index is 12.9. The number of imidazole rings is 1. The van der Waals surface area contributed by atoms with Gasteiger partial charge in [0, 0.05) is 35.6 Å². The Balaban J connectivity index is 1.52. The maximum absolute atomic E-state index is 12.9. The largest absolute Gasteiger partial charge is 0.323 e. The number of anilines is 1. The fourth-order valence-corrected chi connectivity index (χ4v) is 4.73. The van der Waals surface area contributed by atoms with Crippen LogP contribution in [-0.4, -0.2) is 22.0 Å². The highest BCUT2D eigenvalue weighted by molar-refractivity contribution is 9.10. The van der Waals surface area contributed by atoms with Crippen molar-refractivity contribution in [3.05, 3.63) is 92.6 Å². The van der Waals surface area contributed by atoms with Crippen LogP contribution in [0.25, 0.3) is 11.0 Å². The van der Waals surface area contributed by atoms with Gasteiger partial charge >= 0.3 is 0 Å². The zero-order valence-electron chi connectivity index (χ0n) is 16.4. The third-order valence-corrected chi connectivity index (χ3v) is 6.90. The Morgan fingerprint density at radius 2 is 1.77 bits per heavy atom. The number of nitrogens with zero attached hydrogens (tertiary/aromatic N) is 3. The Kier molecular flexibility index (Phi) is 5.51. The minimum atomic E-state index is 0.00585. The minimum absolute atomic E-state index is 0.00585. The first-order valence-electron chi connectivity index (χ1n) is 9.94. The van der Waals surface area contributed by atoms with Gasteiger partial charge in [0.2, 0.25) is 5.91 Å². The summed E-state index contributed by atoms with van der Waals surface area (Å²) in [6.07, 6.45) is 0.431. The summed E-state index contributed by atoms with van der Waals surface area (Å²) in [5.41, 5.74) is 3.90. The highest BCUT2D eigenvalue weighted by Crippen LogP contribution is 2.34. The number of para-hydroxylation sites is 2. The number of hydrogen-bond donors (Lipinski definition) is 0. The van der Waals surface area contributed by atoms with Crippen molar-refractivity contribution in [3.8, 4) is 0 Å². The summed E-state index contributed by atoms with van der Waals surface area (Å²) in [6.45, 7) is 1.21. The van der Waals surface area contributed by atoms with Gasteiger partial charge < -0.3 is 9.47 Å². The highest BCUT2D eigenvalue weighted by Gasteiger charge is 2.34. The monoisotopic (exact) mass is 513 g/mol. The number of rotatable bonds is 4. The fourth-order valence-electron chi connectivity index (χ4n) is 4.14. The number of amides is 1. The molecule has 7 heteroatoms. The first-order valence-corrected chi connectivity index (χ1v) is 11.5. The van der Waals surface area contributed by atoms with Crippen molar-refractivity contribution in [1.29, 1.82) is 0 Å². The molecule has 4 nitrogen and oxygen atoms in total. The Bertz CT molecular complexity index is 1290. The number of halogens is 3. The van der Waals surface area contributed by atoms with E-state index in [-0.39, 0.29) is 11.8 Å². The van der Waals surface area contributed by atoms with Crippen LogP contribution < -0.4 is 4.90 Å². The molecule has 3 aromatic carbocycles. The molecule has 5 rings (SSSR count). The van der Waals surface area contributed by atoms with E-state index in [9.17, 15) is 4.79 Å². The van der Waals surface area contributed by atoms with Gasteiger partial charge in [0.1, 0.15) is 5.82 Å². The molecule has 31 heavy (non-hydrogen) atoms. The third kappa shape index (κ3) is 3.98. The molecule has 0 aliphatic carbocycles. The zero-order valence-corrected chi connectivity index (χ0v) is 19.5. The van der Waals surface area contributed by atoms with Crippen molar-refractivity contribution >= 4 is 61.8 Å². The first kappa shape index (κ1) is 20.6. The lowest BCUT2D eigenvalue weighted by Crippen LogP contribution is -2.24. The van der Waals surface area contributed by atoms with Crippen LogP contribution in [0.5, 0.6) is 0 Å². The third-order valence-electron chi connectivity index (χ3n) is 5.64. The van der Waals surface area contributed by atoms with Gasteiger partial charge in [-0.3, -0.25) is 4.79 Å². The van der Waals surface area contributed by atoms with E-state index in [1.165, 1.54) is 0 Å². The van der Waals surface area contributed by atoms with Crippen LogP contribution in [-0.2, 0) is 11.3 Å². The molecule has 4 aromatic rings. The maximum Gasteiger partial charge on any atom is 0.227 e. The molecule has 0 radical (unpaired) electrons. The van der Waals surface area contributed by atoms with Crippen LogP contribution in [0.4, 0.5) is 5.69 Å². The average molecular weight is 515 g/mol. The van der Waals surface area contributed by atoms with Crippen molar-refractivity contribution in [2.45, 2.75) is 18.9 Å². The molecule has 1 atom stereocenters. The van der Waals surface area contributed by atoms with E-state index in [1.807, 2.05) is 65.6 Å². The minimum Gasteiger partial charge on any atom is -0.323 e. The summed E-state index contributed by atoms with van der Waals surface area (Å²) in [6, 6.07) is 21.6. The predicted molar refractivity (Wildman–Crippen MR) is 129 cm³/mol. The van der Waals surface area contributed by atoms with Gasteiger partial charge in [-0.25, -0.2) is 4.98 Å². The molecule has 1 aliphatic heterocycles. The summed E-state index contributed by atoms with van der Waals surface area (Å²) in [7, 11) is 0. The number of fused-ring (bicyclic) bond motifs is 1. The lowest BCUT2D eigenvalue weighted by Gasteiger charge is -2.18. The number of aromatic nitrogens is 2. The van der Waals surface area contributed by atoms with Crippen molar-refractivity contribution in [2.24, 2.45) is 0 Å². The van der Waals surface area contributed by atoms with Crippen LogP contribution >= 0.6 is 39.1 Å². The molecule has 1 aliphatic rings. The SMILES string of the molecule is O=C1CC(c2nc3ccccc3n2Cc2ccc(Cl)c(Cl)c2)CN1c1ccc(Br)cc1. The van der Waals surface area contributed by atoms with Gasteiger partial charge in [0.15, 0.2) is 0 Å². The highest BCUT2D eigenvalue weighted by atomic mass is 79.9. The Hall–Kier alpha value is -2.34. The van der Waals surface area contributed by atoms with Gasteiger partial charge in [-0.1, -0.05) is 57.3 Å². The smallest absolute Gasteiger partial charge is 0.227 e. The zero-order chi connectivity index (χ0) is 21.5. The summed E-state index contributed by atoms with van der Waals surface area (Å²) < 4.78 is 3.18. The topological polar surface area (TPSA) is 38.1 Å². The molecule has 0 bridgehead atoms. The summed E-state index contributed by atoms with van der Waals surface area (Å²) in [5.74, 6) is 1.03. The second-order valence-corrected chi connectivity index (χ2v) is 9.41. The van der Waals surface area contributed by atoms with E-state index in [4.69, 9.17) is 28.2 Å². The van der Waals surface area contributed by atoms with Gasteiger partial charge in [-0.15, -0.1) is 0 Å². The first-order chi connectivity index (χ1) is 15.0. The lowest BCUT2D eigenvalue weighted by atomic mass is 10.1. The molecule has 1 saturated heterocycles. The summed E-state index contributed by atoms with van der Waals surface area (Å²) in [4.78, 5) is 19.6. The Morgan fingerprint density at radius 1 is 1.00 bits per heavy atom. The van der Waals surface area contributed by atoms with Gasteiger partial charge in [0.25, 0.3) is 0 Å². The number of carbonyl (C=O) groups is 1. The van der Waals surface area contributed by atoms with E-state index in [0.29, 0.717) is 29.6 Å². The summed E-state index contributed by atoms with van der Waals surface area (Å²) >= 11 is 15.8. The van der Waals surface area contributed by atoms with E-state index >= 15 is 0 Å². The van der Waals surface area contributed by atoms with Crippen molar-refractivity contribution in [1.82, 2.24) is 9.55 Å². The molecule has 1 aromatic heterocycles. The van der Waals surface area contributed by atoms with Crippen LogP contribution in [0, 0.1) is 0 Å². The summed E-state index contributed by atoms with van der Waals surface area (Å²) in [5, 5.41) is 1.07. The van der Waals surface area contributed by atoms with Crippen molar-refractivity contribution in [2.75, 3.05) is 11.4 Å². The number of benzene rings is 3. The molecule has 0 saturated carbocycles. The van der Waals surface area contributed by atoms with E-state index in [1.54, 1.807) is 0 Å². The molecular formula is C24H18BrCl2N3O. The molecule has 1 amide bonds. The molecule has 1 unspecified atom stereocenters. The van der Waals surface area contributed by atoms with Crippen LogP contribution in [0.3, 0.4) is 0 Å². The Morgan fingerprint density at radius 3 is 2.55 bits per heavy atom. The van der Waals surface area contributed by atoms with Crippen LogP contribution in [0.1, 0.15) is 23.7 Å². The van der Waals surface area contributed by atoms with Gasteiger partial charge in [0.05, 0.1) is 21.1 Å². The van der Waals surface area contributed by atoms with E-state index < -0.39 is 0 Å². The molecule has 1 fully saturated rings. The second-order valence-electron chi connectivity index (χ2n) is 7.68. The standard InChI is InChI=1S/C24H18BrCl2N3O/c25-17-6-8-18(9-7-17)29-14-16(12-23(29)31)24-28-21-3-1-2-4-22(21)30(24)13-15-5-10-19(26)20(27)11-15/h1-11,16H,12-14H2. The normalized spacial score (nSPS) is 16.4. The predicted octanol–water partition coefficient (Wildman–Crippen LogP) is 6.67. The van der Waals surface area contributed by atoms with Gasteiger partial charge in [-0.2, -0.15) is 0 Å². The molecular weight excluding hydrogens is 497 g/mol. The van der Waals surface area contributed by atoms with Crippen molar-refractivity contribution < 1.29 is 4.79 Å². The van der Waals surface area contributed by atoms with E-state index in [2.05, 4.69) is 26.6 Å². The number of hydrogen-bond acceptors (Lipinski definition) is 2. The van der Waals surface area contributed by atoms with Crippen molar-refractivity contribution in [3.63, 3.8) is 0 Å². The molecule has 2 heterocycles. The Labute approximate surface area is 198 Å². The fraction of sp³-hybridized carbons (Fsp3) is 0.167. The van der Waals surface area contributed by atoms with E-state index in [0.717, 1.165) is 32.6 Å². The quantitative estimate of drug-likeness (QED) is 0.305.